The van der Waals surface area contributed by atoms with Gasteiger partial charge in [-0.1, -0.05) is 12.1 Å². The lowest BCUT2D eigenvalue weighted by atomic mass is 9.90. The summed E-state index contributed by atoms with van der Waals surface area (Å²) in [6.45, 7) is 0.678. The molecule has 0 saturated carbocycles. The number of rotatable bonds is 3. The molecular formula is C19H17N3O2S. The fourth-order valence-electron chi connectivity index (χ4n) is 3.16. The average Bonchev–Trinajstić information content (AvgIpc) is 3.12. The number of benzene rings is 1. The average molecular weight is 351 g/mol. The van der Waals surface area contributed by atoms with Gasteiger partial charge in [-0.05, 0) is 42.7 Å². The summed E-state index contributed by atoms with van der Waals surface area (Å²) in [6.07, 6.45) is 5.17. The number of thiazole rings is 1. The maximum atomic E-state index is 13.0. The number of piperidine rings is 1. The van der Waals surface area contributed by atoms with E-state index in [9.17, 15) is 9.90 Å². The van der Waals surface area contributed by atoms with Crippen LogP contribution in [0.25, 0.3) is 11.3 Å². The zero-order chi connectivity index (χ0) is 17.2. The molecule has 6 heteroatoms. The number of pyridine rings is 1. The van der Waals surface area contributed by atoms with Crippen LogP contribution in [0.3, 0.4) is 0 Å². The van der Waals surface area contributed by atoms with E-state index < -0.39 is 0 Å². The Labute approximate surface area is 149 Å². The minimum atomic E-state index is -0.228. The summed E-state index contributed by atoms with van der Waals surface area (Å²) in [4.78, 5) is 23.4. The predicted octanol–water partition coefficient (Wildman–Crippen LogP) is 3.82. The number of hydrogen-bond donors (Lipinski definition) is 1. The monoisotopic (exact) mass is 351 g/mol. The van der Waals surface area contributed by atoms with Crippen LogP contribution in [0.4, 0.5) is 5.13 Å². The third kappa shape index (κ3) is 3.13. The highest BCUT2D eigenvalue weighted by molar-refractivity contribution is 7.14. The molecular weight excluding hydrogens is 334 g/mol. The zero-order valence-corrected chi connectivity index (χ0v) is 14.3. The molecule has 3 aromatic rings. The van der Waals surface area contributed by atoms with E-state index in [-0.39, 0.29) is 17.6 Å². The van der Waals surface area contributed by atoms with E-state index in [4.69, 9.17) is 0 Å². The highest BCUT2D eigenvalue weighted by Crippen LogP contribution is 2.35. The van der Waals surface area contributed by atoms with E-state index in [1.807, 2.05) is 23.6 Å². The number of carbonyl (C=O) groups excluding carboxylic acids is 1. The molecule has 0 aliphatic carbocycles. The van der Waals surface area contributed by atoms with Gasteiger partial charge in [-0.3, -0.25) is 14.7 Å². The largest absolute Gasteiger partial charge is 0.508 e. The van der Waals surface area contributed by atoms with Crippen molar-refractivity contribution >= 4 is 22.4 Å². The molecule has 1 aromatic carbocycles. The lowest BCUT2D eigenvalue weighted by Gasteiger charge is -2.30. The minimum Gasteiger partial charge on any atom is -0.508 e. The van der Waals surface area contributed by atoms with Crippen LogP contribution in [0.2, 0.25) is 0 Å². The molecule has 2 aromatic heterocycles. The summed E-state index contributed by atoms with van der Waals surface area (Å²) >= 11 is 1.48. The number of phenols is 1. The van der Waals surface area contributed by atoms with Gasteiger partial charge in [0, 0.05) is 29.9 Å². The van der Waals surface area contributed by atoms with Crippen LogP contribution in [0.15, 0.2) is 54.2 Å². The molecule has 0 radical (unpaired) electrons. The van der Waals surface area contributed by atoms with Crippen molar-refractivity contribution in [3.8, 4) is 17.0 Å². The number of carbonyl (C=O) groups is 1. The molecule has 0 bridgehead atoms. The molecule has 0 spiro atoms. The van der Waals surface area contributed by atoms with Gasteiger partial charge in [0.25, 0.3) is 0 Å². The first-order valence-corrected chi connectivity index (χ1v) is 9.06. The van der Waals surface area contributed by atoms with E-state index in [1.54, 1.807) is 35.5 Å². The maximum Gasteiger partial charge on any atom is 0.236 e. The Morgan fingerprint density at radius 2 is 2.04 bits per heavy atom. The van der Waals surface area contributed by atoms with Gasteiger partial charge in [0.2, 0.25) is 5.91 Å². The van der Waals surface area contributed by atoms with Crippen molar-refractivity contribution in [2.75, 3.05) is 11.4 Å². The van der Waals surface area contributed by atoms with Gasteiger partial charge in [0.15, 0.2) is 5.13 Å². The Hall–Kier alpha value is -2.73. The number of nitrogens with zero attached hydrogens (tertiary/aromatic N) is 3. The van der Waals surface area contributed by atoms with Gasteiger partial charge in [-0.2, -0.15) is 0 Å². The highest BCUT2D eigenvalue weighted by atomic mass is 32.1. The molecule has 126 valence electrons. The fraction of sp³-hybridized carbons (Fsp3) is 0.211. The third-order valence-electron chi connectivity index (χ3n) is 4.41. The molecule has 4 rings (SSSR count). The van der Waals surface area contributed by atoms with E-state index in [0.717, 1.165) is 34.8 Å². The Morgan fingerprint density at radius 3 is 2.84 bits per heavy atom. The van der Waals surface area contributed by atoms with Crippen LogP contribution in [0, 0.1) is 0 Å². The van der Waals surface area contributed by atoms with Crippen molar-refractivity contribution in [2.24, 2.45) is 0 Å². The normalized spacial score (nSPS) is 17.7. The second kappa shape index (κ2) is 6.64. The molecule has 1 saturated heterocycles. The summed E-state index contributed by atoms with van der Waals surface area (Å²) in [5.74, 6) is 0.0123. The molecule has 1 aliphatic heterocycles. The predicted molar refractivity (Wildman–Crippen MR) is 97.8 cm³/mol. The van der Waals surface area contributed by atoms with Crippen molar-refractivity contribution < 1.29 is 9.90 Å². The Kier molecular flexibility index (Phi) is 4.19. The van der Waals surface area contributed by atoms with Crippen molar-refractivity contribution in [3.63, 3.8) is 0 Å². The first kappa shape index (κ1) is 15.8. The maximum absolute atomic E-state index is 13.0. The molecule has 1 aliphatic rings. The summed E-state index contributed by atoms with van der Waals surface area (Å²) in [6, 6.07) is 10.8. The van der Waals surface area contributed by atoms with Gasteiger partial charge in [-0.25, -0.2) is 4.98 Å². The number of phenolic OH excluding ortho intramolecular Hbond substituents is 1. The number of hydrogen-bond acceptors (Lipinski definition) is 5. The van der Waals surface area contributed by atoms with Gasteiger partial charge >= 0.3 is 0 Å². The molecule has 1 N–H and O–H groups in total. The van der Waals surface area contributed by atoms with Crippen LogP contribution in [-0.4, -0.2) is 27.5 Å². The van der Waals surface area contributed by atoms with E-state index in [1.165, 1.54) is 11.3 Å². The second-order valence-electron chi connectivity index (χ2n) is 6.03. The SMILES string of the molecule is O=C1C(c2cccc(O)c2)CCCN1c1nc(-c2ccncc2)cs1. The molecule has 1 unspecified atom stereocenters. The van der Waals surface area contributed by atoms with Crippen LogP contribution in [-0.2, 0) is 4.79 Å². The van der Waals surface area contributed by atoms with Crippen LogP contribution in [0.5, 0.6) is 5.75 Å². The quantitative estimate of drug-likeness (QED) is 0.779. The Morgan fingerprint density at radius 1 is 1.20 bits per heavy atom. The number of anilines is 1. The second-order valence-corrected chi connectivity index (χ2v) is 6.87. The first-order valence-electron chi connectivity index (χ1n) is 8.18. The molecule has 1 amide bonds. The molecule has 1 atom stereocenters. The van der Waals surface area contributed by atoms with Crippen LogP contribution in [0.1, 0.15) is 24.3 Å². The number of amides is 1. The number of aromatic hydroxyl groups is 1. The Balaban J connectivity index is 1.60. The van der Waals surface area contributed by atoms with E-state index >= 15 is 0 Å². The van der Waals surface area contributed by atoms with Gasteiger partial charge < -0.3 is 5.11 Å². The molecule has 1 fully saturated rings. The van der Waals surface area contributed by atoms with Gasteiger partial charge in [-0.15, -0.1) is 11.3 Å². The van der Waals surface area contributed by atoms with Crippen molar-refractivity contribution in [1.82, 2.24) is 9.97 Å². The lowest BCUT2D eigenvalue weighted by Crippen LogP contribution is -2.40. The van der Waals surface area contributed by atoms with E-state index in [0.29, 0.717) is 6.54 Å². The lowest BCUT2D eigenvalue weighted by molar-refractivity contribution is -0.121. The molecule has 5 nitrogen and oxygen atoms in total. The van der Waals surface area contributed by atoms with Crippen LogP contribution < -0.4 is 4.90 Å². The summed E-state index contributed by atoms with van der Waals surface area (Å²) < 4.78 is 0. The van der Waals surface area contributed by atoms with Crippen molar-refractivity contribution in [2.45, 2.75) is 18.8 Å². The van der Waals surface area contributed by atoms with Gasteiger partial charge in [0.1, 0.15) is 5.75 Å². The summed E-state index contributed by atoms with van der Waals surface area (Å²) in [5, 5.41) is 12.4. The third-order valence-corrected chi connectivity index (χ3v) is 5.27. The topological polar surface area (TPSA) is 66.3 Å². The summed E-state index contributed by atoms with van der Waals surface area (Å²) in [5.41, 5.74) is 2.71. The fourth-order valence-corrected chi connectivity index (χ4v) is 4.02. The van der Waals surface area contributed by atoms with Gasteiger partial charge in [0.05, 0.1) is 11.6 Å². The Bertz CT molecular complexity index is 894. The van der Waals surface area contributed by atoms with Crippen LogP contribution >= 0.6 is 11.3 Å². The number of aromatic nitrogens is 2. The van der Waals surface area contributed by atoms with Crippen molar-refractivity contribution in [1.29, 1.82) is 0 Å². The highest BCUT2D eigenvalue weighted by Gasteiger charge is 2.32. The minimum absolute atomic E-state index is 0.0486. The zero-order valence-electron chi connectivity index (χ0n) is 13.5. The standard InChI is InChI=1S/C19H17N3O2S/c23-15-4-1-3-14(11-15)16-5-2-10-22(18(16)24)19-21-17(12-25-19)13-6-8-20-9-7-13/h1,3-4,6-9,11-12,16,23H,2,5,10H2. The van der Waals surface area contributed by atoms with Crippen molar-refractivity contribution in [3.05, 3.63) is 59.7 Å². The smallest absolute Gasteiger partial charge is 0.236 e. The molecule has 25 heavy (non-hydrogen) atoms. The summed E-state index contributed by atoms with van der Waals surface area (Å²) in [7, 11) is 0. The first-order chi connectivity index (χ1) is 12.2. The molecule has 3 heterocycles. The van der Waals surface area contributed by atoms with E-state index in [2.05, 4.69) is 9.97 Å².